The number of rotatable bonds is 7. The second-order valence-electron chi connectivity index (χ2n) is 7.23. The van der Waals surface area contributed by atoms with Crippen molar-refractivity contribution in [3.05, 3.63) is 26.9 Å². The number of thiophene rings is 1. The van der Waals surface area contributed by atoms with Crippen LogP contribution in [-0.4, -0.2) is 77.5 Å². The maximum Gasteiger partial charge on any atom is 0.313 e. The number of nitrogens with zero attached hydrogens (tertiary/aromatic N) is 5. The highest BCUT2D eigenvalue weighted by Gasteiger charge is 2.57. The monoisotopic (exact) mass is 534 g/mol. The van der Waals surface area contributed by atoms with Crippen molar-refractivity contribution < 1.29 is 19.5 Å². The molecule has 2 fully saturated rings. The van der Waals surface area contributed by atoms with Gasteiger partial charge in [0, 0.05) is 30.7 Å². The summed E-state index contributed by atoms with van der Waals surface area (Å²) < 4.78 is 1.26. The summed E-state index contributed by atoms with van der Waals surface area (Å²) in [6.45, 7) is 0.0347. The topological polar surface area (TPSA) is 130 Å². The molecule has 3 atom stereocenters. The summed E-state index contributed by atoms with van der Waals surface area (Å²) in [5, 5.41) is 27.4. The Labute approximate surface area is 204 Å². The molecule has 4 heterocycles. The molecule has 2 unspecified atom stereocenters. The average Bonchev–Trinajstić information content (AvgIpc) is 3.42. The van der Waals surface area contributed by atoms with Crippen LogP contribution in [0.3, 0.4) is 0 Å². The van der Waals surface area contributed by atoms with E-state index in [1.54, 1.807) is 23.9 Å². The summed E-state index contributed by atoms with van der Waals surface area (Å²) in [4.78, 5) is 39.2. The molecule has 2 aliphatic heterocycles. The van der Waals surface area contributed by atoms with Crippen molar-refractivity contribution >= 4 is 81.4 Å². The summed E-state index contributed by atoms with van der Waals surface area (Å²) >= 11 is 15.8. The number of thioether (sulfide) groups is 2. The second-order valence-corrected chi connectivity index (χ2v) is 11.0. The molecule has 15 heteroatoms. The third-order valence-electron chi connectivity index (χ3n) is 5.17. The van der Waals surface area contributed by atoms with Gasteiger partial charge in [-0.3, -0.25) is 14.4 Å². The largest absolute Gasteiger partial charge is 0.481 e. The highest BCUT2D eigenvalue weighted by Crippen LogP contribution is 2.44. The van der Waals surface area contributed by atoms with Gasteiger partial charge in [-0.15, -0.1) is 16.9 Å². The van der Waals surface area contributed by atoms with Crippen molar-refractivity contribution in [3.8, 4) is 0 Å². The molecule has 32 heavy (non-hydrogen) atoms. The molecular formula is C17H16Cl2N6O4S3. The fraction of sp³-hybridized carbons (Fsp3) is 0.412. The summed E-state index contributed by atoms with van der Waals surface area (Å²) in [6, 6.07) is 0.927. The minimum absolute atomic E-state index is 0.0347. The number of aliphatic carboxylic acids is 1. The molecule has 2 aromatic rings. The molecule has 0 aromatic carbocycles. The summed E-state index contributed by atoms with van der Waals surface area (Å²) in [5.74, 6) is -1.43. The SMILES string of the molecule is Cn1nnnc1SCC1(C(=O)O)CS[C@@H]2C(NC(=O)C(=C(Cl)Cl)c3ccsc3)C(=O)N2C1. The number of hydrogen-bond donors (Lipinski definition) is 2. The van der Waals surface area contributed by atoms with Crippen molar-refractivity contribution in [2.75, 3.05) is 18.1 Å². The molecule has 4 rings (SSSR count). The number of aromatic nitrogens is 4. The van der Waals surface area contributed by atoms with E-state index in [4.69, 9.17) is 23.2 Å². The standard InChI is InChI=1S/C17H16Cl2N6O4S3/c1-24-16(21-22-23-24)32-7-17(15(28)29)5-25-13(27)10(14(25)31-6-17)20-12(26)9(11(18)19)8-2-3-30-4-8/h2-4,10,14H,5-7H2,1H3,(H,20,26)(H,28,29)/t10?,14-,17?/m1/s1. The zero-order chi connectivity index (χ0) is 23.0. The van der Waals surface area contributed by atoms with Crippen LogP contribution in [0, 0.1) is 5.41 Å². The first-order valence-electron chi connectivity index (χ1n) is 9.13. The number of nitrogens with one attached hydrogen (secondary N) is 1. The smallest absolute Gasteiger partial charge is 0.313 e. The lowest BCUT2D eigenvalue weighted by molar-refractivity contribution is -0.157. The van der Waals surface area contributed by atoms with Gasteiger partial charge in [0.15, 0.2) is 0 Å². The average molecular weight is 535 g/mol. The highest BCUT2D eigenvalue weighted by molar-refractivity contribution is 8.00. The molecule has 0 spiro atoms. The number of fused-ring (bicyclic) bond motifs is 1. The summed E-state index contributed by atoms with van der Waals surface area (Å²) in [5.41, 5.74) is -0.508. The number of carboxylic acid groups (broad SMARTS) is 1. The maximum absolute atomic E-state index is 12.8. The number of hydrogen-bond acceptors (Lipinski definition) is 9. The van der Waals surface area contributed by atoms with Crippen molar-refractivity contribution in [1.82, 2.24) is 30.4 Å². The molecule has 2 N–H and O–H groups in total. The molecule has 0 saturated carbocycles. The second kappa shape index (κ2) is 9.21. The first-order chi connectivity index (χ1) is 15.2. The van der Waals surface area contributed by atoms with Crippen LogP contribution >= 0.6 is 58.1 Å². The first kappa shape index (κ1) is 23.4. The molecule has 170 valence electrons. The van der Waals surface area contributed by atoms with Gasteiger partial charge in [-0.05, 0) is 27.3 Å². The van der Waals surface area contributed by atoms with Gasteiger partial charge in [-0.1, -0.05) is 35.0 Å². The molecule has 0 radical (unpaired) electrons. The third-order valence-corrected chi connectivity index (χ3v) is 9.12. The highest BCUT2D eigenvalue weighted by atomic mass is 35.5. The molecular weight excluding hydrogens is 519 g/mol. The minimum atomic E-state index is -1.16. The maximum atomic E-state index is 12.8. The quantitative estimate of drug-likeness (QED) is 0.309. The lowest BCUT2D eigenvalue weighted by Crippen LogP contribution is -2.74. The van der Waals surface area contributed by atoms with E-state index >= 15 is 0 Å². The van der Waals surface area contributed by atoms with Gasteiger partial charge in [0.25, 0.3) is 5.91 Å². The molecule has 0 aliphatic carbocycles. The van der Waals surface area contributed by atoms with Gasteiger partial charge in [0.1, 0.15) is 21.3 Å². The van der Waals surface area contributed by atoms with Gasteiger partial charge >= 0.3 is 5.97 Å². The van der Waals surface area contributed by atoms with Gasteiger partial charge < -0.3 is 15.3 Å². The predicted octanol–water partition coefficient (Wildman–Crippen LogP) is 1.68. The lowest BCUT2D eigenvalue weighted by atomic mass is 9.89. The molecule has 2 amide bonds. The number of amides is 2. The summed E-state index contributed by atoms with van der Waals surface area (Å²) in [6.07, 6.45) is 0. The third kappa shape index (κ3) is 4.23. The Morgan fingerprint density at radius 2 is 2.22 bits per heavy atom. The van der Waals surface area contributed by atoms with Crippen LogP contribution in [0.5, 0.6) is 0 Å². The Morgan fingerprint density at radius 3 is 2.81 bits per heavy atom. The number of tetrazole rings is 1. The van der Waals surface area contributed by atoms with Crippen LogP contribution in [0.1, 0.15) is 5.56 Å². The van der Waals surface area contributed by atoms with Crippen LogP contribution in [0.2, 0.25) is 0 Å². The first-order valence-corrected chi connectivity index (χ1v) is 12.9. The zero-order valence-electron chi connectivity index (χ0n) is 16.4. The van der Waals surface area contributed by atoms with Gasteiger partial charge in [0.05, 0.1) is 5.57 Å². The van der Waals surface area contributed by atoms with E-state index < -0.39 is 23.3 Å². The number of carbonyl (C=O) groups excluding carboxylic acids is 2. The fourth-order valence-corrected chi connectivity index (χ4v) is 7.15. The van der Waals surface area contributed by atoms with Gasteiger partial charge in [-0.2, -0.15) is 11.3 Å². The number of β-lactam (4-membered cyclic amide) rings is 1. The van der Waals surface area contributed by atoms with Gasteiger partial charge in [0.2, 0.25) is 11.1 Å². The Morgan fingerprint density at radius 1 is 1.44 bits per heavy atom. The van der Waals surface area contributed by atoms with Crippen molar-refractivity contribution in [3.63, 3.8) is 0 Å². The Bertz CT molecular complexity index is 1090. The van der Waals surface area contributed by atoms with Crippen LogP contribution < -0.4 is 5.32 Å². The number of aryl methyl sites for hydroxylation is 1. The normalized spacial score (nSPS) is 24.5. The Balaban J connectivity index is 1.44. The number of carbonyl (C=O) groups is 3. The van der Waals surface area contributed by atoms with E-state index in [2.05, 4.69) is 20.8 Å². The Hall–Kier alpha value is -1.80. The van der Waals surface area contributed by atoms with E-state index in [0.717, 1.165) is 0 Å². The molecule has 0 bridgehead atoms. The van der Waals surface area contributed by atoms with Crippen LogP contribution in [0.25, 0.3) is 5.57 Å². The number of carboxylic acids is 1. The summed E-state index contributed by atoms with van der Waals surface area (Å²) in [7, 11) is 1.67. The van der Waals surface area contributed by atoms with Crippen LogP contribution in [-0.2, 0) is 21.4 Å². The van der Waals surface area contributed by atoms with Gasteiger partial charge in [-0.25, -0.2) is 4.68 Å². The minimum Gasteiger partial charge on any atom is -0.481 e. The zero-order valence-corrected chi connectivity index (χ0v) is 20.4. The van der Waals surface area contributed by atoms with Crippen LogP contribution in [0.4, 0.5) is 0 Å². The van der Waals surface area contributed by atoms with E-state index in [9.17, 15) is 19.5 Å². The molecule has 2 aliphatic rings. The molecule has 10 nitrogen and oxygen atoms in total. The van der Waals surface area contributed by atoms with Crippen molar-refractivity contribution in [2.24, 2.45) is 12.5 Å². The van der Waals surface area contributed by atoms with Crippen molar-refractivity contribution in [1.29, 1.82) is 0 Å². The van der Waals surface area contributed by atoms with E-state index in [1.807, 2.05) is 0 Å². The van der Waals surface area contributed by atoms with E-state index in [1.165, 1.54) is 44.4 Å². The van der Waals surface area contributed by atoms with Crippen molar-refractivity contribution in [2.45, 2.75) is 16.6 Å². The molecule has 2 aromatic heterocycles. The fourth-order valence-electron chi connectivity index (χ4n) is 3.40. The number of halogens is 2. The Kier molecular flexibility index (Phi) is 6.73. The van der Waals surface area contributed by atoms with E-state index in [0.29, 0.717) is 10.7 Å². The predicted molar refractivity (Wildman–Crippen MR) is 122 cm³/mol. The van der Waals surface area contributed by atoms with E-state index in [-0.39, 0.29) is 39.4 Å². The van der Waals surface area contributed by atoms with Crippen LogP contribution in [0.15, 0.2) is 26.5 Å². The molecule has 2 saturated heterocycles. The lowest BCUT2D eigenvalue weighted by Gasteiger charge is -2.53.